The number of rotatable bonds is 6. The van der Waals surface area contributed by atoms with Crippen molar-refractivity contribution in [2.45, 2.75) is 39.5 Å². The number of thiocarbonyl (C=S) groups is 1. The Morgan fingerprint density at radius 1 is 1.23 bits per heavy atom. The standard InChI is InChI=1S/C9H18OS2.K/c1-3-5-6-7-8-12-9(11)10-4-2;/h3-8H2,1-2H3;. The SMILES string of the molecule is CCCCCCSC(=S)OCC.[K]. The van der Waals surface area contributed by atoms with Gasteiger partial charge in [-0.3, -0.25) is 0 Å². The van der Waals surface area contributed by atoms with Crippen LogP contribution >= 0.6 is 24.0 Å². The van der Waals surface area contributed by atoms with Crippen LogP contribution < -0.4 is 0 Å². The third-order valence-electron chi connectivity index (χ3n) is 1.48. The Balaban J connectivity index is 0. The Hall–Kier alpha value is 1.88. The summed E-state index contributed by atoms with van der Waals surface area (Å²) in [6.45, 7) is 4.88. The van der Waals surface area contributed by atoms with Crippen molar-refractivity contribution in [3.05, 3.63) is 0 Å². The predicted molar refractivity (Wildman–Crippen MR) is 66.6 cm³/mol. The minimum absolute atomic E-state index is 0. The monoisotopic (exact) mass is 245 g/mol. The number of ether oxygens (including phenoxy) is 1. The molecule has 0 amide bonds. The molecular formula is C9H18KOS2. The van der Waals surface area contributed by atoms with Gasteiger partial charge in [-0.1, -0.05) is 37.9 Å². The topological polar surface area (TPSA) is 9.23 Å². The minimum atomic E-state index is 0. The molecule has 0 N–H and O–H groups in total. The van der Waals surface area contributed by atoms with Crippen LogP contribution in [0.4, 0.5) is 0 Å². The molecule has 0 heterocycles. The summed E-state index contributed by atoms with van der Waals surface area (Å²) in [5, 5.41) is 0. The van der Waals surface area contributed by atoms with Gasteiger partial charge in [0.05, 0.1) is 6.61 Å². The van der Waals surface area contributed by atoms with E-state index in [4.69, 9.17) is 17.0 Å². The van der Waals surface area contributed by atoms with Crippen molar-refractivity contribution >= 4 is 79.7 Å². The fourth-order valence-corrected chi connectivity index (χ4v) is 1.93. The van der Waals surface area contributed by atoms with Crippen LogP contribution in [0, 0.1) is 0 Å². The van der Waals surface area contributed by atoms with Gasteiger partial charge in [0, 0.05) is 57.1 Å². The Bertz CT molecular complexity index is 120. The van der Waals surface area contributed by atoms with E-state index in [1.54, 1.807) is 11.8 Å². The van der Waals surface area contributed by atoms with Crippen molar-refractivity contribution in [1.29, 1.82) is 0 Å². The number of unbranched alkanes of at least 4 members (excludes halogenated alkanes) is 3. The summed E-state index contributed by atoms with van der Waals surface area (Å²) < 4.78 is 5.85. The summed E-state index contributed by atoms with van der Waals surface area (Å²) in [5.74, 6) is 1.11. The van der Waals surface area contributed by atoms with Crippen molar-refractivity contribution in [3.63, 3.8) is 0 Å². The van der Waals surface area contributed by atoms with Crippen LogP contribution in [0.5, 0.6) is 0 Å². The smallest absolute Gasteiger partial charge is 0.219 e. The van der Waals surface area contributed by atoms with E-state index in [-0.39, 0.29) is 51.4 Å². The zero-order valence-corrected chi connectivity index (χ0v) is 13.7. The fourth-order valence-electron chi connectivity index (χ4n) is 0.844. The molecule has 0 aromatic heterocycles. The second-order valence-corrected chi connectivity index (χ2v) is 4.29. The maximum absolute atomic E-state index is 5.14. The molecule has 1 radical (unpaired) electrons. The van der Waals surface area contributed by atoms with E-state index < -0.39 is 0 Å². The second-order valence-electron chi connectivity index (χ2n) is 2.59. The zero-order valence-electron chi connectivity index (χ0n) is 8.97. The molecule has 0 saturated heterocycles. The van der Waals surface area contributed by atoms with Crippen molar-refractivity contribution in [2.75, 3.05) is 12.4 Å². The number of hydrogen-bond acceptors (Lipinski definition) is 3. The first-order valence-electron chi connectivity index (χ1n) is 4.60. The second kappa shape index (κ2) is 13.9. The Morgan fingerprint density at radius 2 is 1.92 bits per heavy atom. The number of hydrogen-bond donors (Lipinski definition) is 0. The van der Waals surface area contributed by atoms with E-state index in [1.807, 2.05) is 6.92 Å². The van der Waals surface area contributed by atoms with Gasteiger partial charge in [-0.2, -0.15) is 0 Å². The van der Waals surface area contributed by atoms with Gasteiger partial charge in [-0.15, -0.1) is 0 Å². The first-order valence-corrected chi connectivity index (χ1v) is 6.00. The molecule has 0 atom stereocenters. The maximum atomic E-state index is 5.14. The van der Waals surface area contributed by atoms with E-state index in [2.05, 4.69) is 6.92 Å². The summed E-state index contributed by atoms with van der Waals surface area (Å²) in [7, 11) is 0. The van der Waals surface area contributed by atoms with E-state index in [0.717, 1.165) is 5.75 Å². The Labute approximate surface area is 134 Å². The maximum Gasteiger partial charge on any atom is 0.219 e. The molecular weight excluding hydrogens is 227 g/mol. The average Bonchev–Trinajstić information content (AvgIpc) is 2.05. The molecule has 73 valence electrons. The molecule has 1 nitrogen and oxygen atoms in total. The van der Waals surface area contributed by atoms with Gasteiger partial charge < -0.3 is 4.74 Å². The summed E-state index contributed by atoms with van der Waals surface area (Å²) in [6.07, 6.45) is 5.20. The third kappa shape index (κ3) is 13.9. The van der Waals surface area contributed by atoms with Gasteiger partial charge in [0.15, 0.2) is 0 Å². The molecule has 0 aliphatic rings. The van der Waals surface area contributed by atoms with Crippen molar-refractivity contribution in [2.24, 2.45) is 0 Å². The number of thioether (sulfide) groups is 1. The van der Waals surface area contributed by atoms with Gasteiger partial charge in [0.2, 0.25) is 4.38 Å². The van der Waals surface area contributed by atoms with E-state index >= 15 is 0 Å². The summed E-state index contributed by atoms with van der Waals surface area (Å²) in [5.41, 5.74) is 0. The Kier molecular flexibility index (Phi) is 18.4. The van der Waals surface area contributed by atoms with Gasteiger partial charge in [-0.05, 0) is 25.6 Å². The van der Waals surface area contributed by atoms with Crippen LogP contribution in [-0.2, 0) is 4.74 Å². The molecule has 0 saturated carbocycles. The molecule has 0 spiro atoms. The van der Waals surface area contributed by atoms with E-state index in [0.29, 0.717) is 11.0 Å². The quantitative estimate of drug-likeness (QED) is 0.404. The first-order chi connectivity index (χ1) is 5.81. The molecule has 0 aliphatic heterocycles. The molecule has 0 aliphatic carbocycles. The van der Waals surface area contributed by atoms with Crippen molar-refractivity contribution < 1.29 is 4.74 Å². The molecule has 0 rings (SSSR count). The van der Waals surface area contributed by atoms with Gasteiger partial charge >= 0.3 is 0 Å². The fraction of sp³-hybridized carbons (Fsp3) is 0.889. The molecule has 0 aromatic carbocycles. The van der Waals surface area contributed by atoms with Crippen LogP contribution in [-0.4, -0.2) is 68.1 Å². The zero-order chi connectivity index (χ0) is 9.23. The van der Waals surface area contributed by atoms with Crippen molar-refractivity contribution in [3.8, 4) is 0 Å². The van der Waals surface area contributed by atoms with Crippen LogP contribution in [0.2, 0.25) is 0 Å². The molecule has 0 aromatic rings. The predicted octanol–water partition coefficient (Wildman–Crippen LogP) is 3.24. The Morgan fingerprint density at radius 3 is 2.46 bits per heavy atom. The molecule has 0 fully saturated rings. The first kappa shape index (κ1) is 17.3. The van der Waals surface area contributed by atoms with E-state index in [9.17, 15) is 0 Å². The third-order valence-corrected chi connectivity index (χ3v) is 2.80. The van der Waals surface area contributed by atoms with Gasteiger partial charge in [-0.25, -0.2) is 0 Å². The largest absolute Gasteiger partial charge is 0.479 e. The van der Waals surface area contributed by atoms with Gasteiger partial charge in [0.1, 0.15) is 0 Å². The molecule has 13 heavy (non-hydrogen) atoms. The van der Waals surface area contributed by atoms with Crippen LogP contribution in [0.1, 0.15) is 39.5 Å². The normalized spacial score (nSPS) is 9.08. The van der Waals surface area contributed by atoms with Crippen molar-refractivity contribution in [1.82, 2.24) is 0 Å². The molecule has 4 heteroatoms. The van der Waals surface area contributed by atoms with Crippen LogP contribution in [0.3, 0.4) is 0 Å². The molecule has 0 bridgehead atoms. The van der Waals surface area contributed by atoms with Gasteiger partial charge in [0.25, 0.3) is 0 Å². The summed E-state index contributed by atoms with van der Waals surface area (Å²) in [6, 6.07) is 0. The minimum Gasteiger partial charge on any atom is -0.479 e. The molecule has 0 unspecified atom stereocenters. The van der Waals surface area contributed by atoms with Crippen LogP contribution in [0.15, 0.2) is 0 Å². The van der Waals surface area contributed by atoms with E-state index in [1.165, 1.54) is 25.7 Å². The van der Waals surface area contributed by atoms with Crippen LogP contribution in [0.25, 0.3) is 0 Å². The average molecular weight is 245 g/mol. The summed E-state index contributed by atoms with van der Waals surface area (Å²) in [4.78, 5) is 0. The summed E-state index contributed by atoms with van der Waals surface area (Å²) >= 11 is 6.63.